The molecule has 1 fully saturated rings. The van der Waals surface area contributed by atoms with Crippen molar-refractivity contribution in [1.29, 1.82) is 0 Å². The molecule has 0 bridgehead atoms. The molecule has 1 amide bonds. The standard InChI is InChI=1S/C25H26N6O2/c1-18-23(25(32)30-15-13-29(14-16-30)20-11-7-4-8-12-20)26-27-24-22(19-9-5-3-6-10-19)21(17-33-2)28-31(18)24/h3-12H,13-17H2,1-2H3. The summed E-state index contributed by atoms with van der Waals surface area (Å²) in [4.78, 5) is 17.5. The van der Waals surface area contributed by atoms with Crippen molar-refractivity contribution < 1.29 is 9.53 Å². The first-order valence-electron chi connectivity index (χ1n) is 11.1. The summed E-state index contributed by atoms with van der Waals surface area (Å²) >= 11 is 0. The Bertz CT molecular complexity index is 1260. The van der Waals surface area contributed by atoms with Gasteiger partial charge in [0.1, 0.15) is 0 Å². The zero-order chi connectivity index (χ0) is 22.8. The van der Waals surface area contributed by atoms with Gasteiger partial charge in [0.25, 0.3) is 5.91 Å². The van der Waals surface area contributed by atoms with Crippen LogP contribution in [0.5, 0.6) is 0 Å². The van der Waals surface area contributed by atoms with Gasteiger partial charge in [-0.3, -0.25) is 4.79 Å². The van der Waals surface area contributed by atoms with Crippen LogP contribution in [-0.2, 0) is 11.3 Å². The molecule has 168 valence electrons. The molecule has 33 heavy (non-hydrogen) atoms. The average molecular weight is 443 g/mol. The van der Waals surface area contributed by atoms with Crippen LogP contribution in [-0.4, -0.2) is 63.9 Å². The van der Waals surface area contributed by atoms with Crippen molar-refractivity contribution in [3.8, 4) is 11.1 Å². The number of aromatic nitrogens is 4. The molecule has 1 saturated heterocycles. The minimum Gasteiger partial charge on any atom is -0.378 e. The largest absolute Gasteiger partial charge is 0.378 e. The highest BCUT2D eigenvalue weighted by molar-refractivity contribution is 5.94. The second kappa shape index (κ2) is 8.99. The quantitative estimate of drug-likeness (QED) is 0.473. The zero-order valence-corrected chi connectivity index (χ0v) is 18.8. The molecule has 2 aromatic carbocycles. The van der Waals surface area contributed by atoms with E-state index in [1.165, 1.54) is 5.69 Å². The third-order valence-electron chi connectivity index (χ3n) is 6.07. The lowest BCUT2D eigenvalue weighted by atomic mass is 10.1. The number of carbonyl (C=O) groups excluding carboxylic acids is 1. The lowest BCUT2D eigenvalue weighted by molar-refractivity contribution is 0.0738. The summed E-state index contributed by atoms with van der Waals surface area (Å²) in [5.74, 6) is -0.111. The molecule has 0 aliphatic carbocycles. The molecule has 1 aliphatic heterocycles. The number of carbonyl (C=O) groups is 1. The number of methoxy groups -OCH3 is 1. The molecule has 3 heterocycles. The molecule has 0 saturated carbocycles. The molecule has 0 radical (unpaired) electrons. The van der Waals surface area contributed by atoms with Crippen molar-refractivity contribution in [2.75, 3.05) is 38.2 Å². The summed E-state index contributed by atoms with van der Waals surface area (Å²) < 4.78 is 7.09. The maximum absolute atomic E-state index is 13.3. The number of hydrogen-bond acceptors (Lipinski definition) is 6. The molecule has 0 atom stereocenters. The lowest BCUT2D eigenvalue weighted by Crippen LogP contribution is -2.49. The van der Waals surface area contributed by atoms with E-state index >= 15 is 0 Å². The number of hydrogen-bond donors (Lipinski definition) is 0. The molecule has 4 aromatic rings. The molecular weight excluding hydrogens is 416 g/mol. The van der Waals surface area contributed by atoms with Crippen LogP contribution in [0.1, 0.15) is 21.9 Å². The number of ether oxygens (including phenoxy) is 1. The summed E-state index contributed by atoms with van der Waals surface area (Å²) in [6.07, 6.45) is 0. The highest BCUT2D eigenvalue weighted by atomic mass is 16.5. The van der Waals surface area contributed by atoms with Gasteiger partial charge in [-0.25, -0.2) is 4.52 Å². The van der Waals surface area contributed by atoms with Crippen molar-refractivity contribution in [2.24, 2.45) is 0 Å². The van der Waals surface area contributed by atoms with E-state index < -0.39 is 0 Å². The minimum atomic E-state index is -0.111. The summed E-state index contributed by atoms with van der Waals surface area (Å²) in [5.41, 5.74) is 5.45. The third kappa shape index (κ3) is 3.93. The molecule has 2 aromatic heterocycles. The van der Waals surface area contributed by atoms with Gasteiger partial charge in [0.05, 0.1) is 23.6 Å². The molecule has 1 aliphatic rings. The van der Waals surface area contributed by atoms with Gasteiger partial charge in [0.15, 0.2) is 11.3 Å². The van der Waals surface area contributed by atoms with E-state index in [9.17, 15) is 4.79 Å². The predicted molar refractivity (Wildman–Crippen MR) is 126 cm³/mol. The fourth-order valence-corrected chi connectivity index (χ4v) is 4.34. The number of aryl methyl sites for hydroxylation is 1. The van der Waals surface area contributed by atoms with Gasteiger partial charge >= 0.3 is 0 Å². The molecular formula is C25H26N6O2. The summed E-state index contributed by atoms with van der Waals surface area (Å²) in [5, 5.41) is 13.5. The first kappa shape index (κ1) is 21.1. The van der Waals surface area contributed by atoms with Crippen molar-refractivity contribution in [1.82, 2.24) is 24.7 Å². The Balaban J connectivity index is 1.43. The van der Waals surface area contributed by atoms with Crippen LogP contribution in [0.2, 0.25) is 0 Å². The monoisotopic (exact) mass is 442 g/mol. The number of rotatable bonds is 5. The molecule has 0 spiro atoms. The predicted octanol–water partition coefficient (Wildman–Crippen LogP) is 3.21. The minimum absolute atomic E-state index is 0.111. The van der Waals surface area contributed by atoms with Gasteiger partial charge in [0.2, 0.25) is 0 Å². The Morgan fingerprint density at radius 2 is 1.61 bits per heavy atom. The fraction of sp³-hybridized carbons (Fsp3) is 0.280. The Labute approximate surface area is 192 Å². The first-order chi connectivity index (χ1) is 16.2. The van der Waals surface area contributed by atoms with Crippen LogP contribution < -0.4 is 4.90 Å². The number of benzene rings is 2. The van der Waals surface area contributed by atoms with Crippen LogP contribution in [0.25, 0.3) is 16.8 Å². The van der Waals surface area contributed by atoms with E-state index in [0.29, 0.717) is 36.7 Å². The SMILES string of the molecule is COCc1nn2c(C)c(C(=O)N3CCN(c4ccccc4)CC3)nnc2c1-c1ccccc1. The number of fused-ring (bicyclic) bond motifs is 1. The molecule has 8 nitrogen and oxygen atoms in total. The Kier molecular flexibility index (Phi) is 5.75. The number of amides is 1. The summed E-state index contributed by atoms with van der Waals surface area (Å²) in [6.45, 7) is 5.04. The van der Waals surface area contributed by atoms with E-state index in [4.69, 9.17) is 9.84 Å². The first-order valence-corrected chi connectivity index (χ1v) is 11.1. The van der Waals surface area contributed by atoms with Crippen molar-refractivity contribution >= 4 is 17.2 Å². The number of nitrogens with zero attached hydrogens (tertiary/aromatic N) is 6. The van der Waals surface area contributed by atoms with E-state index in [0.717, 1.165) is 29.9 Å². The van der Waals surface area contributed by atoms with Gasteiger partial charge in [-0.05, 0) is 24.6 Å². The van der Waals surface area contributed by atoms with Crippen molar-refractivity contribution in [3.63, 3.8) is 0 Å². The lowest BCUT2D eigenvalue weighted by Gasteiger charge is -2.36. The second-order valence-corrected chi connectivity index (χ2v) is 8.10. The number of anilines is 1. The molecule has 5 rings (SSSR count). The average Bonchev–Trinajstić information content (AvgIpc) is 3.24. The molecule has 0 unspecified atom stereocenters. The van der Waals surface area contributed by atoms with Crippen LogP contribution in [0.4, 0.5) is 5.69 Å². The molecule has 8 heteroatoms. The van der Waals surface area contributed by atoms with Crippen molar-refractivity contribution in [3.05, 3.63) is 77.7 Å². The second-order valence-electron chi connectivity index (χ2n) is 8.10. The summed E-state index contributed by atoms with van der Waals surface area (Å²) in [7, 11) is 1.64. The maximum Gasteiger partial charge on any atom is 0.276 e. The Hall–Kier alpha value is -3.78. The molecule has 0 N–H and O–H groups in total. The van der Waals surface area contributed by atoms with E-state index in [-0.39, 0.29) is 5.91 Å². The normalized spacial score (nSPS) is 14.1. The Morgan fingerprint density at radius 3 is 2.27 bits per heavy atom. The van der Waals surface area contributed by atoms with E-state index in [1.807, 2.05) is 60.4 Å². The van der Waals surface area contributed by atoms with Crippen LogP contribution in [0.3, 0.4) is 0 Å². The van der Waals surface area contributed by atoms with E-state index in [2.05, 4.69) is 27.2 Å². The van der Waals surface area contributed by atoms with Gasteiger partial charge in [-0.2, -0.15) is 5.10 Å². The number of piperazine rings is 1. The smallest absolute Gasteiger partial charge is 0.276 e. The van der Waals surface area contributed by atoms with Gasteiger partial charge in [-0.1, -0.05) is 48.5 Å². The van der Waals surface area contributed by atoms with E-state index in [1.54, 1.807) is 11.6 Å². The summed E-state index contributed by atoms with van der Waals surface area (Å²) in [6, 6.07) is 20.2. The van der Waals surface area contributed by atoms with Crippen LogP contribution in [0.15, 0.2) is 60.7 Å². The Morgan fingerprint density at radius 1 is 0.939 bits per heavy atom. The van der Waals surface area contributed by atoms with Crippen molar-refractivity contribution in [2.45, 2.75) is 13.5 Å². The van der Waals surface area contributed by atoms with Gasteiger partial charge in [0, 0.05) is 39.0 Å². The van der Waals surface area contributed by atoms with Gasteiger partial charge in [-0.15, -0.1) is 10.2 Å². The topological polar surface area (TPSA) is 75.9 Å². The zero-order valence-electron chi connectivity index (χ0n) is 18.8. The van der Waals surface area contributed by atoms with Gasteiger partial charge < -0.3 is 14.5 Å². The number of para-hydroxylation sites is 1. The highest BCUT2D eigenvalue weighted by Crippen LogP contribution is 2.29. The maximum atomic E-state index is 13.3. The highest BCUT2D eigenvalue weighted by Gasteiger charge is 2.27. The third-order valence-corrected chi connectivity index (χ3v) is 6.07. The fourth-order valence-electron chi connectivity index (χ4n) is 4.34. The van der Waals surface area contributed by atoms with Crippen LogP contribution >= 0.6 is 0 Å². The van der Waals surface area contributed by atoms with Crippen LogP contribution in [0, 0.1) is 6.92 Å².